The summed E-state index contributed by atoms with van der Waals surface area (Å²) in [6, 6.07) is 11.9. The van der Waals surface area contributed by atoms with Crippen LogP contribution >= 0.6 is 0 Å². The zero-order valence-corrected chi connectivity index (χ0v) is 17.3. The Morgan fingerprint density at radius 2 is 1.65 bits per heavy atom. The van der Waals surface area contributed by atoms with Crippen molar-refractivity contribution in [3.63, 3.8) is 0 Å². The molecule has 2 aromatic carbocycles. The van der Waals surface area contributed by atoms with Gasteiger partial charge in [-0.1, -0.05) is 18.2 Å². The lowest BCUT2D eigenvalue weighted by Gasteiger charge is -2.11. The number of amides is 2. The van der Waals surface area contributed by atoms with Gasteiger partial charge < -0.3 is 16.4 Å². The first kappa shape index (κ1) is 20.3. The summed E-state index contributed by atoms with van der Waals surface area (Å²) in [6.07, 6.45) is 3.43. The lowest BCUT2D eigenvalue weighted by molar-refractivity contribution is 0.0947. The lowest BCUT2D eigenvalue weighted by Crippen LogP contribution is -2.25. The molecule has 1 aliphatic carbocycles. The van der Waals surface area contributed by atoms with Crippen LogP contribution in [0.15, 0.2) is 48.7 Å². The molecule has 1 aromatic heterocycles. The summed E-state index contributed by atoms with van der Waals surface area (Å²) in [5, 5.41) is 9.80. The number of nitrogens with zero attached hydrogens (tertiary/aromatic N) is 2. The molecule has 0 atom stereocenters. The average molecular weight is 417 g/mol. The van der Waals surface area contributed by atoms with Crippen molar-refractivity contribution in [1.82, 2.24) is 20.4 Å². The summed E-state index contributed by atoms with van der Waals surface area (Å²) in [5.74, 6) is -0.481. The molecule has 3 aromatic rings. The highest BCUT2D eigenvalue weighted by Crippen LogP contribution is 2.24. The summed E-state index contributed by atoms with van der Waals surface area (Å²) < 4.78 is 1.47. The van der Waals surface area contributed by atoms with E-state index >= 15 is 0 Å². The zero-order valence-electron chi connectivity index (χ0n) is 17.3. The van der Waals surface area contributed by atoms with Gasteiger partial charge in [0, 0.05) is 29.8 Å². The van der Waals surface area contributed by atoms with Gasteiger partial charge in [0.05, 0.1) is 17.4 Å². The van der Waals surface area contributed by atoms with Crippen LogP contribution in [0.4, 0.5) is 5.82 Å². The first-order valence-corrected chi connectivity index (χ1v) is 10.0. The minimum Gasteiger partial charge on any atom is -0.383 e. The minimum absolute atomic E-state index is 0.137. The third kappa shape index (κ3) is 4.05. The second-order valence-corrected chi connectivity index (χ2v) is 7.59. The van der Waals surface area contributed by atoms with Crippen molar-refractivity contribution < 1.29 is 14.4 Å². The van der Waals surface area contributed by atoms with Crippen LogP contribution in [0.3, 0.4) is 0 Å². The molecule has 158 valence electrons. The largest absolute Gasteiger partial charge is 0.383 e. The Hall–Kier alpha value is -3.94. The third-order valence-corrected chi connectivity index (χ3v) is 5.30. The quantitative estimate of drug-likeness (QED) is 0.532. The van der Waals surface area contributed by atoms with Gasteiger partial charge in [-0.2, -0.15) is 5.10 Å². The fraction of sp³-hybridized carbons (Fsp3) is 0.217. The lowest BCUT2D eigenvalue weighted by atomic mass is 10.0. The van der Waals surface area contributed by atoms with E-state index in [1.165, 1.54) is 10.9 Å². The predicted octanol–water partition coefficient (Wildman–Crippen LogP) is 2.25. The number of hydrogen-bond donors (Lipinski definition) is 3. The van der Waals surface area contributed by atoms with Crippen molar-refractivity contribution in [3.05, 3.63) is 76.5 Å². The molecule has 8 nitrogen and oxygen atoms in total. The molecule has 0 saturated heterocycles. The van der Waals surface area contributed by atoms with Crippen molar-refractivity contribution in [1.29, 1.82) is 0 Å². The first-order chi connectivity index (χ1) is 14.9. The van der Waals surface area contributed by atoms with Crippen LogP contribution in [-0.4, -0.2) is 40.5 Å². The summed E-state index contributed by atoms with van der Waals surface area (Å²) in [6.45, 7) is 1.89. The molecule has 1 fully saturated rings. The number of aryl methyl sites for hydroxylation is 1. The minimum atomic E-state index is -0.299. The van der Waals surface area contributed by atoms with Gasteiger partial charge in [-0.3, -0.25) is 14.4 Å². The highest BCUT2D eigenvalue weighted by atomic mass is 16.2. The number of carbonyl (C=O) groups is 3. The maximum atomic E-state index is 13.0. The Labute approximate surface area is 179 Å². The van der Waals surface area contributed by atoms with E-state index in [1.54, 1.807) is 43.4 Å². The van der Waals surface area contributed by atoms with Crippen LogP contribution in [-0.2, 0) is 0 Å². The molecule has 0 aliphatic heterocycles. The van der Waals surface area contributed by atoms with Gasteiger partial charge in [0.1, 0.15) is 5.82 Å². The molecule has 4 N–H and O–H groups in total. The second-order valence-electron chi connectivity index (χ2n) is 7.59. The molecule has 0 radical (unpaired) electrons. The second kappa shape index (κ2) is 8.06. The van der Waals surface area contributed by atoms with Gasteiger partial charge in [-0.15, -0.1) is 0 Å². The Morgan fingerprint density at radius 3 is 2.29 bits per heavy atom. The van der Waals surface area contributed by atoms with E-state index in [9.17, 15) is 14.4 Å². The summed E-state index contributed by atoms with van der Waals surface area (Å²) in [5.41, 5.74) is 9.39. The van der Waals surface area contributed by atoms with Crippen molar-refractivity contribution >= 4 is 23.4 Å². The van der Waals surface area contributed by atoms with Crippen LogP contribution in [0, 0.1) is 6.92 Å². The van der Waals surface area contributed by atoms with Crippen molar-refractivity contribution in [2.24, 2.45) is 0 Å². The number of carbonyl (C=O) groups excluding carboxylic acids is 3. The molecule has 2 amide bonds. The van der Waals surface area contributed by atoms with E-state index in [4.69, 9.17) is 5.73 Å². The molecule has 8 heteroatoms. The van der Waals surface area contributed by atoms with Gasteiger partial charge in [0.2, 0.25) is 0 Å². The molecule has 31 heavy (non-hydrogen) atoms. The van der Waals surface area contributed by atoms with E-state index in [2.05, 4.69) is 15.7 Å². The number of nitrogen functional groups attached to an aromatic ring is 1. The molecule has 0 spiro atoms. The topological polar surface area (TPSA) is 119 Å². The number of nitrogens with one attached hydrogen (secondary N) is 2. The summed E-state index contributed by atoms with van der Waals surface area (Å²) in [7, 11) is 1.54. The number of benzene rings is 2. The van der Waals surface area contributed by atoms with Crippen LogP contribution < -0.4 is 16.4 Å². The number of rotatable bonds is 6. The van der Waals surface area contributed by atoms with E-state index in [-0.39, 0.29) is 35.0 Å². The Balaban J connectivity index is 1.63. The van der Waals surface area contributed by atoms with Crippen LogP contribution in [0.25, 0.3) is 5.69 Å². The first-order valence-electron chi connectivity index (χ1n) is 10.0. The fourth-order valence-corrected chi connectivity index (χ4v) is 3.27. The normalized spacial score (nSPS) is 13.0. The SMILES string of the molecule is CNC(=O)c1ccc(C(=O)c2cnn(-c3cc(C(=O)NC4CC4)ccc3C)c2N)cc1. The molecular formula is C23H23N5O3. The molecule has 4 rings (SSSR count). The van der Waals surface area contributed by atoms with Gasteiger partial charge >= 0.3 is 0 Å². The molecule has 1 aliphatic rings. The van der Waals surface area contributed by atoms with Crippen LogP contribution in [0.5, 0.6) is 0 Å². The van der Waals surface area contributed by atoms with E-state index < -0.39 is 0 Å². The van der Waals surface area contributed by atoms with E-state index in [0.717, 1.165) is 18.4 Å². The predicted molar refractivity (Wildman–Crippen MR) is 116 cm³/mol. The van der Waals surface area contributed by atoms with Crippen LogP contribution in [0.2, 0.25) is 0 Å². The average Bonchev–Trinajstić information content (AvgIpc) is 3.52. The smallest absolute Gasteiger partial charge is 0.251 e. The van der Waals surface area contributed by atoms with Crippen LogP contribution in [0.1, 0.15) is 55.0 Å². The number of hydrogen-bond acceptors (Lipinski definition) is 5. The summed E-state index contributed by atoms with van der Waals surface area (Å²) in [4.78, 5) is 37.1. The van der Waals surface area contributed by atoms with Gasteiger partial charge in [0.15, 0.2) is 5.78 Å². The molecule has 0 bridgehead atoms. The van der Waals surface area contributed by atoms with Gasteiger partial charge in [0.25, 0.3) is 11.8 Å². The monoisotopic (exact) mass is 417 g/mol. The zero-order chi connectivity index (χ0) is 22.1. The fourth-order valence-electron chi connectivity index (χ4n) is 3.27. The molecule has 1 saturated carbocycles. The Kier molecular flexibility index (Phi) is 5.29. The van der Waals surface area contributed by atoms with Crippen molar-refractivity contribution in [2.75, 3.05) is 12.8 Å². The molecule has 1 heterocycles. The third-order valence-electron chi connectivity index (χ3n) is 5.30. The van der Waals surface area contributed by atoms with Gasteiger partial charge in [-0.05, 0) is 49.6 Å². The molecule has 0 unspecified atom stereocenters. The van der Waals surface area contributed by atoms with E-state index in [0.29, 0.717) is 22.4 Å². The van der Waals surface area contributed by atoms with E-state index in [1.807, 2.05) is 13.0 Å². The summed E-state index contributed by atoms with van der Waals surface area (Å²) >= 11 is 0. The van der Waals surface area contributed by atoms with Crippen molar-refractivity contribution in [2.45, 2.75) is 25.8 Å². The number of anilines is 1. The maximum absolute atomic E-state index is 13.0. The number of aromatic nitrogens is 2. The number of nitrogens with two attached hydrogens (primary N) is 1. The standard InChI is InChI=1S/C23H23N5O3/c1-13-3-4-16(23(31)27-17-9-10-17)11-19(13)28-21(24)18(12-26-28)20(29)14-5-7-15(8-6-14)22(30)25-2/h3-8,11-12,17H,9-10,24H2,1-2H3,(H,25,30)(H,27,31). The molecular weight excluding hydrogens is 394 g/mol. The van der Waals surface area contributed by atoms with Crippen molar-refractivity contribution in [3.8, 4) is 5.69 Å². The highest BCUT2D eigenvalue weighted by molar-refractivity contribution is 6.12. The Bertz CT molecular complexity index is 1180. The highest BCUT2D eigenvalue weighted by Gasteiger charge is 2.24. The number of ketones is 1. The maximum Gasteiger partial charge on any atom is 0.251 e. The van der Waals surface area contributed by atoms with Gasteiger partial charge in [-0.25, -0.2) is 4.68 Å². The Morgan fingerprint density at radius 1 is 1.00 bits per heavy atom.